The molecular formula is C7H15NOS. The standard InChI is InChI=1S/C7H15NOS/c1-2-8-3-4-9-7(5-8)6-10/h7,10H,2-6H2,1H3. The minimum Gasteiger partial charge on any atom is -0.375 e. The molecule has 0 spiro atoms. The molecule has 0 aromatic heterocycles. The number of morpholine rings is 1. The Morgan fingerprint density at radius 3 is 3.10 bits per heavy atom. The van der Waals surface area contributed by atoms with Crippen LogP contribution in [-0.4, -0.2) is 43.0 Å². The average Bonchev–Trinajstić information content (AvgIpc) is 2.05. The molecule has 1 heterocycles. The van der Waals surface area contributed by atoms with Gasteiger partial charge in [-0.1, -0.05) is 6.92 Å². The van der Waals surface area contributed by atoms with Crippen LogP contribution in [0.3, 0.4) is 0 Å². The first-order chi connectivity index (χ1) is 4.86. The Kier molecular flexibility index (Phi) is 3.52. The molecule has 3 heteroatoms. The summed E-state index contributed by atoms with van der Waals surface area (Å²) in [6.45, 7) is 6.33. The third kappa shape index (κ3) is 2.15. The van der Waals surface area contributed by atoms with Crippen molar-refractivity contribution in [2.75, 3.05) is 32.0 Å². The second kappa shape index (κ2) is 4.21. The van der Waals surface area contributed by atoms with Crippen LogP contribution in [0.4, 0.5) is 0 Å². The Morgan fingerprint density at radius 2 is 2.50 bits per heavy atom. The number of likely N-dealkylation sites (N-methyl/N-ethyl adjacent to an activating group) is 1. The number of nitrogens with zero attached hydrogens (tertiary/aromatic N) is 1. The Morgan fingerprint density at radius 1 is 1.70 bits per heavy atom. The summed E-state index contributed by atoms with van der Waals surface area (Å²) < 4.78 is 5.44. The van der Waals surface area contributed by atoms with Gasteiger partial charge < -0.3 is 4.74 Å². The minimum absolute atomic E-state index is 0.358. The Labute approximate surface area is 68.0 Å². The Balaban J connectivity index is 2.25. The highest BCUT2D eigenvalue weighted by Crippen LogP contribution is 2.05. The molecule has 0 radical (unpaired) electrons. The maximum Gasteiger partial charge on any atom is 0.0790 e. The van der Waals surface area contributed by atoms with Gasteiger partial charge in [0.15, 0.2) is 0 Å². The molecule has 0 bridgehead atoms. The summed E-state index contributed by atoms with van der Waals surface area (Å²) in [5, 5.41) is 0. The quantitative estimate of drug-likeness (QED) is 0.597. The second-order valence-electron chi connectivity index (χ2n) is 2.57. The normalized spacial score (nSPS) is 28.8. The third-order valence-corrected chi connectivity index (χ3v) is 2.28. The van der Waals surface area contributed by atoms with Gasteiger partial charge in [-0.15, -0.1) is 0 Å². The molecule has 60 valence electrons. The highest BCUT2D eigenvalue weighted by molar-refractivity contribution is 7.80. The van der Waals surface area contributed by atoms with Crippen LogP contribution in [0.1, 0.15) is 6.92 Å². The van der Waals surface area contributed by atoms with Gasteiger partial charge >= 0.3 is 0 Å². The van der Waals surface area contributed by atoms with E-state index in [1.165, 1.54) is 0 Å². The molecule has 0 aromatic carbocycles. The molecule has 0 aliphatic carbocycles. The molecule has 0 N–H and O–H groups in total. The van der Waals surface area contributed by atoms with Crippen molar-refractivity contribution < 1.29 is 4.74 Å². The Hall–Kier alpha value is 0.270. The zero-order valence-corrected chi connectivity index (χ0v) is 7.31. The predicted octanol–water partition coefficient (Wildman–Crippen LogP) is 0.637. The van der Waals surface area contributed by atoms with E-state index in [0.717, 1.165) is 32.0 Å². The van der Waals surface area contributed by atoms with E-state index in [0.29, 0.717) is 6.10 Å². The summed E-state index contributed by atoms with van der Waals surface area (Å²) in [6.07, 6.45) is 0.358. The van der Waals surface area contributed by atoms with Crippen molar-refractivity contribution in [2.24, 2.45) is 0 Å². The molecule has 0 aromatic rings. The minimum atomic E-state index is 0.358. The molecule has 0 saturated carbocycles. The van der Waals surface area contributed by atoms with Crippen LogP contribution >= 0.6 is 12.6 Å². The van der Waals surface area contributed by atoms with Crippen LogP contribution in [0, 0.1) is 0 Å². The molecule has 1 rings (SSSR count). The van der Waals surface area contributed by atoms with E-state index in [1.54, 1.807) is 0 Å². The largest absolute Gasteiger partial charge is 0.375 e. The van der Waals surface area contributed by atoms with Gasteiger partial charge in [-0.2, -0.15) is 12.6 Å². The van der Waals surface area contributed by atoms with Crippen molar-refractivity contribution in [3.8, 4) is 0 Å². The lowest BCUT2D eigenvalue weighted by Crippen LogP contribution is -2.42. The zero-order chi connectivity index (χ0) is 7.40. The maximum absolute atomic E-state index is 5.44. The SMILES string of the molecule is CCN1CCOC(CS)C1. The molecule has 10 heavy (non-hydrogen) atoms. The van der Waals surface area contributed by atoms with Gasteiger partial charge in [-0.25, -0.2) is 0 Å². The molecule has 1 fully saturated rings. The first kappa shape index (κ1) is 8.37. The predicted molar refractivity (Wildman–Crippen MR) is 45.7 cm³/mol. The van der Waals surface area contributed by atoms with E-state index in [1.807, 2.05) is 0 Å². The molecule has 1 aliphatic rings. The van der Waals surface area contributed by atoms with Crippen molar-refractivity contribution in [3.63, 3.8) is 0 Å². The maximum atomic E-state index is 5.44. The van der Waals surface area contributed by atoms with Gasteiger partial charge in [-0.05, 0) is 6.54 Å². The number of ether oxygens (including phenoxy) is 1. The summed E-state index contributed by atoms with van der Waals surface area (Å²) in [5.41, 5.74) is 0. The Bertz CT molecular complexity index is 89.6. The number of thiol groups is 1. The van der Waals surface area contributed by atoms with Gasteiger partial charge in [0, 0.05) is 18.8 Å². The molecule has 1 aliphatic heterocycles. The van der Waals surface area contributed by atoms with Gasteiger partial charge in [0.25, 0.3) is 0 Å². The van der Waals surface area contributed by atoms with Gasteiger partial charge in [0.2, 0.25) is 0 Å². The van der Waals surface area contributed by atoms with Gasteiger partial charge in [0.1, 0.15) is 0 Å². The summed E-state index contributed by atoms with van der Waals surface area (Å²) in [7, 11) is 0. The van der Waals surface area contributed by atoms with E-state index in [-0.39, 0.29) is 0 Å². The lowest BCUT2D eigenvalue weighted by atomic mass is 10.3. The second-order valence-corrected chi connectivity index (χ2v) is 2.93. The van der Waals surface area contributed by atoms with Crippen molar-refractivity contribution >= 4 is 12.6 Å². The topological polar surface area (TPSA) is 12.5 Å². The van der Waals surface area contributed by atoms with E-state index in [9.17, 15) is 0 Å². The van der Waals surface area contributed by atoms with Crippen molar-refractivity contribution in [2.45, 2.75) is 13.0 Å². The average molecular weight is 161 g/mol. The highest BCUT2D eigenvalue weighted by atomic mass is 32.1. The number of rotatable bonds is 2. The van der Waals surface area contributed by atoms with Crippen molar-refractivity contribution in [1.29, 1.82) is 0 Å². The van der Waals surface area contributed by atoms with Crippen molar-refractivity contribution in [3.05, 3.63) is 0 Å². The smallest absolute Gasteiger partial charge is 0.0790 e. The van der Waals surface area contributed by atoms with E-state index < -0.39 is 0 Å². The van der Waals surface area contributed by atoms with Crippen LogP contribution in [-0.2, 0) is 4.74 Å². The molecule has 1 unspecified atom stereocenters. The number of hydrogen-bond acceptors (Lipinski definition) is 3. The fourth-order valence-corrected chi connectivity index (χ4v) is 1.40. The van der Waals surface area contributed by atoms with Crippen molar-refractivity contribution in [1.82, 2.24) is 4.90 Å². The molecule has 1 atom stereocenters. The van der Waals surface area contributed by atoms with Crippen LogP contribution in [0.2, 0.25) is 0 Å². The fourth-order valence-electron chi connectivity index (χ4n) is 1.18. The number of hydrogen-bond donors (Lipinski definition) is 1. The van der Waals surface area contributed by atoms with E-state index >= 15 is 0 Å². The summed E-state index contributed by atoms with van der Waals surface area (Å²) in [5.74, 6) is 0.844. The summed E-state index contributed by atoms with van der Waals surface area (Å²) in [6, 6.07) is 0. The summed E-state index contributed by atoms with van der Waals surface area (Å²) >= 11 is 4.19. The highest BCUT2D eigenvalue weighted by Gasteiger charge is 2.16. The fraction of sp³-hybridized carbons (Fsp3) is 1.00. The first-order valence-electron chi connectivity index (χ1n) is 3.81. The van der Waals surface area contributed by atoms with Crippen LogP contribution in [0.15, 0.2) is 0 Å². The van der Waals surface area contributed by atoms with Crippen LogP contribution < -0.4 is 0 Å². The van der Waals surface area contributed by atoms with E-state index in [2.05, 4.69) is 24.5 Å². The molecule has 1 saturated heterocycles. The monoisotopic (exact) mass is 161 g/mol. The first-order valence-corrected chi connectivity index (χ1v) is 4.45. The molecule has 0 amide bonds. The van der Waals surface area contributed by atoms with Crippen LogP contribution in [0.25, 0.3) is 0 Å². The zero-order valence-electron chi connectivity index (χ0n) is 6.42. The molecule has 2 nitrogen and oxygen atoms in total. The molecular weight excluding hydrogens is 146 g/mol. The lowest BCUT2D eigenvalue weighted by Gasteiger charge is -2.31. The third-order valence-electron chi connectivity index (χ3n) is 1.87. The van der Waals surface area contributed by atoms with Crippen LogP contribution in [0.5, 0.6) is 0 Å². The van der Waals surface area contributed by atoms with Gasteiger partial charge in [-0.3, -0.25) is 4.90 Å². The van der Waals surface area contributed by atoms with Gasteiger partial charge in [0.05, 0.1) is 12.7 Å². The lowest BCUT2D eigenvalue weighted by molar-refractivity contribution is -0.0135. The van der Waals surface area contributed by atoms with E-state index in [4.69, 9.17) is 4.74 Å². The summed E-state index contributed by atoms with van der Waals surface area (Å²) in [4.78, 5) is 2.39.